The maximum absolute atomic E-state index is 5.65. The van der Waals surface area contributed by atoms with E-state index in [4.69, 9.17) is 5.84 Å². The molecule has 5 nitrogen and oxygen atoms in total. The maximum Gasteiger partial charge on any atom is 0.0879 e. The van der Waals surface area contributed by atoms with E-state index in [9.17, 15) is 0 Å². The van der Waals surface area contributed by atoms with Gasteiger partial charge in [0.25, 0.3) is 0 Å². The molecule has 1 atom stereocenters. The summed E-state index contributed by atoms with van der Waals surface area (Å²) >= 11 is 0. The molecule has 0 aliphatic carbocycles. The van der Waals surface area contributed by atoms with Gasteiger partial charge in [0.1, 0.15) is 0 Å². The molecule has 2 aromatic heterocycles. The van der Waals surface area contributed by atoms with Gasteiger partial charge in [-0.1, -0.05) is 0 Å². The number of nitrogens with one attached hydrogen (secondary N) is 1. The first-order valence-corrected chi connectivity index (χ1v) is 5.51. The number of hydrazine groups is 1. The minimum atomic E-state index is -0.0668. The highest BCUT2D eigenvalue weighted by Gasteiger charge is 2.16. The Bertz CT molecular complexity index is 497. The largest absolute Gasteiger partial charge is 0.271 e. The van der Waals surface area contributed by atoms with E-state index in [1.54, 1.807) is 6.20 Å². The van der Waals surface area contributed by atoms with Gasteiger partial charge in [-0.2, -0.15) is 5.10 Å². The van der Waals surface area contributed by atoms with Crippen LogP contribution >= 0.6 is 0 Å². The lowest BCUT2D eigenvalue weighted by Crippen LogP contribution is -2.30. The summed E-state index contributed by atoms with van der Waals surface area (Å²) in [6, 6.07) is 5.95. The molecule has 0 bridgehead atoms. The molecule has 0 saturated carbocycles. The zero-order chi connectivity index (χ0) is 12.4. The third-order valence-corrected chi connectivity index (χ3v) is 2.76. The van der Waals surface area contributed by atoms with Crippen LogP contribution in [0.4, 0.5) is 0 Å². The first-order chi connectivity index (χ1) is 8.11. The SMILES string of the molecule is Cc1cc(C(NN)c2ccnn2C)cc(C)n1. The van der Waals surface area contributed by atoms with Crippen molar-refractivity contribution in [2.75, 3.05) is 0 Å². The highest BCUT2D eigenvalue weighted by molar-refractivity contribution is 5.29. The fourth-order valence-corrected chi connectivity index (χ4v) is 2.05. The van der Waals surface area contributed by atoms with Crippen molar-refractivity contribution in [1.29, 1.82) is 0 Å². The van der Waals surface area contributed by atoms with E-state index in [0.29, 0.717) is 0 Å². The van der Waals surface area contributed by atoms with E-state index in [2.05, 4.69) is 15.5 Å². The normalized spacial score (nSPS) is 12.7. The number of hydrogen-bond acceptors (Lipinski definition) is 4. The Morgan fingerprint density at radius 2 is 1.94 bits per heavy atom. The Hall–Kier alpha value is -1.72. The van der Waals surface area contributed by atoms with Crippen LogP contribution in [-0.2, 0) is 7.05 Å². The number of aryl methyl sites for hydroxylation is 3. The van der Waals surface area contributed by atoms with Crippen LogP contribution in [0, 0.1) is 13.8 Å². The van der Waals surface area contributed by atoms with Crippen LogP contribution < -0.4 is 11.3 Å². The number of nitrogens with zero attached hydrogens (tertiary/aromatic N) is 3. The van der Waals surface area contributed by atoms with Gasteiger partial charge in [0, 0.05) is 24.6 Å². The Morgan fingerprint density at radius 1 is 1.29 bits per heavy atom. The average Bonchev–Trinajstić information content (AvgIpc) is 2.65. The van der Waals surface area contributed by atoms with Crippen molar-refractivity contribution in [3.8, 4) is 0 Å². The van der Waals surface area contributed by atoms with Gasteiger partial charge in [-0.25, -0.2) is 5.43 Å². The van der Waals surface area contributed by atoms with Crippen molar-refractivity contribution in [2.24, 2.45) is 12.9 Å². The molecular formula is C12H17N5. The van der Waals surface area contributed by atoms with Gasteiger partial charge in [-0.15, -0.1) is 0 Å². The maximum atomic E-state index is 5.65. The summed E-state index contributed by atoms with van der Waals surface area (Å²) in [5, 5.41) is 4.16. The zero-order valence-corrected chi connectivity index (χ0v) is 10.3. The van der Waals surface area contributed by atoms with Crippen LogP contribution in [0.2, 0.25) is 0 Å². The standard InChI is InChI=1S/C12H17N5/c1-8-6-10(7-9(2)15-8)12(16-13)11-4-5-14-17(11)3/h4-7,12,16H,13H2,1-3H3. The van der Waals surface area contributed by atoms with Crippen molar-refractivity contribution in [3.63, 3.8) is 0 Å². The number of hydrogen-bond donors (Lipinski definition) is 2. The Balaban J connectivity index is 2.45. The quantitative estimate of drug-likeness (QED) is 0.610. The molecule has 0 aliphatic rings. The molecule has 5 heteroatoms. The lowest BCUT2D eigenvalue weighted by atomic mass is 10.0. The predicted octanol–water partition coefficient (Wildman–Crippen LogP) is 0.985. The third kappa shape index (κ3) is 2.35. The summed E-state index contributed by atoms with van der Waals surface area (Å²) in [6.45, 7) is 3.96. The summed E-state index contributed by atoms with van der Waals surface area (Å²) in [6.07, 6.45) is 1.76. The molecule has 2 heterocycles. The molecule has 17 heavy (non-hydrogen) atoms. The molecule has 0 radical (unpaired) electrons. The van der Waals surface area contributed by atoms with Gasteiger partial charge in [-0.05, 0) is 37.6 Å². The highest BCUT2D eigenvalue weighted by Crippen LogP contribution is 2.21. The van der Waals surface area contributed by atoms with Gasteiger partial charge in [-0.3, -0.25) is 15.5 Å². The second-order valence-electron chi connectivity index (χ2n) is 4.16. The molecule has 3 N–H and O–H groups in total. The second kappa shape index (κ2) is 4.65. The molecule has 0 amide bonds. The van der Waals surface area contributed by atoms with Gasteiger partial charge in [0.15, 0.2) is 0 Å². The molecule has 0 fully saturated rings. The molecule has 1 unspecified atom stereocenters. The fourth-order valence-electron chi connectivity index (χ4n) is 2.05. The number of rotatable bonds is 3. The van der Waals surface area contributed by atoms with E-state index in [0.717, 1.165) is 22.6 Å². The third-order valence-electron chi connectivity index (χ3n) is 2.76. The Kier molecular flexibility index (Phi) is 3.21. The predicted molar refractivity (Wildman–Crippen MR) is 66.1 cm³/mol. The van der Waals surface area contributed by atoms with E-state index in [1.165, 1.54) is 0 Å². The number of aromatic nitrogens is 3. The molecule has 0 aliphatic heterocycles. The van der Waals surface area contributed by atoms with Crippen LogP contribution in [-0.4, -0.2) is 14.8 Å². The first-order valence-electron chi connectivity index (χ1n) is 5.51. The van der Waals surface area contributed by atoms with E-state index in [-0.39, 0.29) is 6.04 Å². The molecule has 2 aromatic rings. The lowest BCUT2D eigenvalue weighted by molar-refractivity contribution is 0.574. The summed E-state index contributed by atoms with van der Waals surface area (Å²) in [5.74, 6) is 5.65. The molecule has 0 saturated heterocycles. The minimum absolute atomic E-state index is 0.0668. The van der Waals surface area contributed by atoms with Gasteiger partial charge in [0.05, 0.1) is 11.7 Å². The van der Waals surface area contributed by atoms with Crippen molar-refractivity contribution in [3.05, 3.63) is 47.0 Å². The minimum Gasteiger partial charge on any atom is -0.271 e. The Labute approximate surface area is 101 Å². The topological polar surface area (TPSA) is 68.8 Å². The Morgan fingerprint density at radius 3 is 2.41 bits per heavy atom. The molecule has 90 valence electrons. The molecule has 0 spiro atoms. The van der Waals surface area contributed by atoms with E-state index >= 15 is 0 Å². The van der Waals surface area contributed by atoms with E-state index < -0.39 is 0 Å². The summed E-state index contributed by atoms with van der Waals surface area (Å²) in [4.78, 5) is 4.36. The van der Waals surface area contributed by atoms with Crippen LogP contribution in [0.15, 0.2) is 24.4 Å². The fraction of sp³-hybridized carbons (Fsp3) is 0.333. The molecule has 0 aromatic carbocycles. The summed E-state index contributed by atoms with van der Waals surface area (Å²) < 4.78 is 1.82. The van der Waals surface area contributed by atoms with Gasteiger partial charge >= 0.3 is 0 Å². The smallest absolute Gasteiger partial charge is 0.0879 e. The van der Waals surface area contributed by atoms with Crippen molar-refractivity contribution in [2.45, 2.75) is 19.9 Å². The van der Waals surface area contributed by atoms with Crippen molar-refractivity contribution < 1.29 is 0 Å². The van der Waals surface area contributed by atoms with Crippen molar-refractivity contribution in [1.82, 2.24) is 20.2 Å². The summed E-state index contributed by atoms with van der Waals surface area (Å²) in [7, 11) is 1.90. The monoisotopic (exact) mass is 231 g/mol. The van der Waals surface area contributed by atoms with Crippen LogP contribution in [0.3, 0.4) is 0 Å². The van der Waals surface area contributed by atoms with Crippen LogP contribution in [0.25, 0.3) is 0 Å². The molecular weight excluding hydrogens is 214 g/mol. The number of pyridine rings is 1. The molecule has 2 rings (SSSR count). The first kappa shape index (κ1) is 11.8. The van der Waals surface area contributed by atoms with Crippen LogP contribution in [0.1, 0.15) is 28.7 Å². The van der Waals surface area contributed by atoms with Gasteiger partial charge < -0.3 is 0 Å². The lowest BCUT2D eigenvalue weighted by Gasteiger charge is -2.17. The number of nitrogens with two attached hydrogens (primary N) is 1. The van der Waals surface area contributed by atoms with Crippen molar-refractivity contribution >= 4 is 0 Å². The second-order valence-corrected chi connectivity index (χ2v) is 4.16. The highest BCUT2D eigenvalue weighted by atomic mass is 15.3. The zero-order valence-electron chi connectivity index (χ0n) is 10.3. The summed E-state index contributed by atoms with van der Waals surface area (Å²) in [5.41, 5.74) is 6.93. The average molecular weight is 231 g/mol. The van der Waals surface area contributed by atoms with E-state index in [1.807, 2.05) is 43.8 Å². The van der Waals surface area contributed by atoms with Gasteiger partial charge in [0.2, 0.25) is 0 Å². The van der Waals surface area contributed by atoms with Crippen LogP contribution in [0.5, 0.6) is 0 Å².